The van der Waals surface area contributed by atoms with Crippen LogP contribution in [0.2, 0.25) is 0 Å². The van der Waals surface area contributed by atoms with Gasteiger partial charge in [-0.25, -0.2) is 4.99 Å². The molecular formula is C48H61N3O4. The SMILES string of the molecule is CCCCC(CC)CN(CC(CC)CCCC)C1=NC(c2c(C)cc(C)cc2C)=C(/C=C2\C(=O)C(C(C(C)=O)C(=O)c3ccccc3)C(=O)C(C#N)=C2C)C1. The number of aryl methyl sites for hydroxylation is 3. The number of rotatable bonds is 18. The molecule has 7 nitrogen and oxygen atoms in total. The van der Waals surface area contributed by atoms with Crippen molar-refractivity contribution in [3.63, 3.8) is 0 Å². The highest BCUT2D eigenvalue weighted by Crippen LogP contribution is 2.40. The monoisotopic (exact) mass is 743 g/mol. The molecule has 0 bridgehead atoms. The lowest BCUT2D eigenvalue weighted by Gasteiger charge is -2.32. The van der Waals surface area contributed by atoms with E-state index in [1.807, 2.05) is 6.07 Å². The second-order valence-electron chi connectivity index (χ2n) is 15.8. The number of ketones is 4. The minimum absolute atomic E-state index is 0.176. The summed E-state index contributed by atoms with van der Waals surface area (Å²) in [6.07, 6.45) is 11.4. The molecule has 1 aliphatic heterocycles. The Bertz CT molecular complexity index is 1900. The topological polar surface area (TPSA) is 108 Å². The van der Waals surface area contributed by atoms with Gasteiger partial charge in [0.1, 0.15) is 23.6 Å². The molecule has 4 rings (SSSR count). The van der Waals surface area contributed by atoms with Crippen molar-refractivity contribution in [2.75, 3.05) is 13.1 Å². The minimum atomic E-state index is -1.63. The summed E-state index contributed by atoms with van der Waals surface area (Å²) in [5.74, 6) is -3.78. The van der Waals surface area contributed by atoms with Gasteiger partial charge in [0.05, 0.1) is 17.2 Å². The van der Waals surface area contributed by atoms with E-state index in [0.29, 0.717) is 18.3 Å². The first-order chi connectivity index (χ1) is 26.3. The molecule has 7 heteroatoms. The molecule has 0 aromatic heterocycles. The maximum absolute atomic E-state index is 14.7. The molecule has 292 valence electrons. The first kappa shape index (κ1) is 43.0. The van der Waals surface area contributed by atoms with E-state index < -0.39 is 35.0 Å². The number of benzene rings is 2. The smallest absolute Gasteiger partial charge is 0.185 e. The van der Waals surface area contributed by atoms with E-state index in [0.717, 1.165) is 91.0 Å². The van der Waals surface area contributed by atoms with Crippen LogP contribution in [0.5, 0.6) is 0 Å². The number of carbonyl (C=O) groups is 4. The molecule has 4 atom stereocenters. The largest absolute Gasteiger partial charge is 0.359 e. The Kier molecular flexibility index (Phi) is 15.5. The van der Waals surface area contributed by atoms with Gasteiger partial charge in [-0.05, 0) is 87.6 Å². The molecule has 2 aromatic carbocycles. The Morgan fingerprint density at radius 2 is 1.45 bits per heavy atom. The zero-order valence-electron chi connectivity index (χ0n) is 34.7. The van der Waals surface area contributed by atoms with Crippen molar-refractivity contribution in [2.24, 2.45) is 28.7 Å². The molecule has 1 aliphatic carbocycles. The molecule has 55 heavy (non-hydrogen) atoms. The maximum Gasteiger partial charge on any atom is 0.185 e. The van der Waals surface area contributed by atoms with E-state index in [-0.39, 0.29) is 22.3 Å². The highest BCUT2D eigenvalue weighted by Gasteiger charge is 2.48. The molecule has 0 radical (unpaired) electrons. The Labute approximate surface area is 329 Å². The minimum Gasteiger partial charge on any atom is -0.359 e. The summed E-state index contributed by atoms with van der Waals surface area (Å²) in [6, 6.07) is 14.6. The van der Waals surface area contributed by atoms with Crippen molar-refractivity contribution in [3.05, 3.63) is 98.7 Å². The molecule has 4 unspecified atom stereocenters. The maximum atomic E-state index is 14.7. The molecule has 0 fully saturated rings. The Morgan fingerprint density at radius 1 is 0.891 bits per heavy atom. The van der Waals surface area contributed by atoms with E-state index in [1.165, 1.54) is 19.8 Å². The molecule has 0 spiro atoms. The molecular weight excluding hydrogens is 683 g/mol. The number of amidine groups is 1. The van der Waals surface area contributed by atoms with Crippen molar-refractivity contribution < 1.29 is 19.2 Å². The number of nitrogens with zero attached hydrogens (tertiary/aromatic N) is 3. The number of carbonyl (C=O) groups excluding carboxylic acids is 4. The molecule has 0 amide bonds. The third kappa shape index (κ3) is 9.95. The Balaban J connectivity index is 1.91. The van der Waals surface area contributed by atoms with E-state index in [9.17, 15) is 24.4 Å². The van der Waals surface area contributed by atoms with Crippen LogP contribution in [-0.4, -0.2) is 47.0 Å². The number of nitriles is 1. The molecule has 1 heterocycles. The number of hydrogen-bond acceptors (Lipinski definition) is 7. The van der Waals surface area contributed by atoms with Crippen molar-refractivity contribution in [1.82, 2.24) is 4.90 Å². The van der Waals surface area contributed by atoms with E-state index in [1.54, 1.807) is 43.3 Å². The first-order valence-electron chi connectivity index (χ1n) is 20.5. The number of Topliss-reactive ketones (excluding diaryl/α,β-unsaturated/α-hetero) is 4. The van der Waals surface area contributed by atoms with Crippen molar-refractivity contribution in [2.45, 2.75) is 120 Å². The van der Waals surface area contributed by atoms with Crippen molar-refractivity contribution in [3.8, 4) is 6.07 Å². The average Bonchev–Trinajstić information content (AvgIpc) is 3.57. The molecule has 2 aliphatic rings. The predicted molar refractivity (Wildman–Crippen MR) is 223 cm³/mol. The fraction of sp³-hybridized carbons (Fsp3) is 0.500. The number of hydrogen-bond donors (Lipinski definition) is 0. The third-order valence-electron chi connectivity index (χ3n) is 11.6. The first-order valence-corrected chi connectivity index (χ1v) is 20.5. The summed E-state index contributed by atoms with van der Waals surface area (Å²) in [5, 5.41) is 10.3. The standard InChI is InChI=1S/C48H61N3O4/c1-10-14-19-35(12-3)28-51(29-36(13-4)20-15-11-2)41-26-38(45(50-41)42-31(6)23-30(5)24-32(42)7)25-39-33(8)40(27-49)48(55)44(47(39)54)43(34(9)52)46(53)37-21-17-16-18-22-37/h16-18,21-25,35-36,43-44H,10-15,19-20,26,28-29H2,1-9H3/b39-25-. The van der Waals surface area contributed by atoms with Gasteiger partial charge in [0.2, 0.25) is 0 Å². The van der Waals surface area contributed by atoms with Gasteiger partial charge < -0.3 is 4.90 Å². The van der Waals surface area contributed by atoms with Crippen LogP contribution in [0.4, 0.5) is 0 Å². The zero-order chi connectivity index (χ0) is 40.4. The fourth-order valence-electron chi connectivity index (χ4n) is 8.40. The summed E-state index contributed by atoms with van der Waals surface area (Å²) < 4.78 is 0. The van der Waals surface area contributed by atoms with Crippen LogP contribution < -0.4 is 0 Å². The van der Waals surface area contributed by atoms with Crippen LogP contribution in [0, 0.1) is 55.8 Å². The Hall–Kier alpha value is -4.70. The van der Waals surface area contributed by atoms with Gasteiger partial charge in [0.15, 0.2) is 17.3 Å². The van der Waals surface area contributed by atoms with Crippen LogP contribution in [0.3, 0.4) is 0 Å². The van der Waals surface area contributed by atoms with Crippen molar-refractivity contribution >= 4 is 34.7 Å². The summed E-state index contributed by atoms with van der Waals surface area (Å²) in [5.41, 5.74) is 6.36. The summed E-state index contributed by atoms with van der Waals surface area (Å²) in [7, 11) is 0. The van der Waals surface area contributed by atoms with Crippen LogP contribution in [0.1, 0.15) is 132 Å². The van der Waals surface area contributed by atoms with Crippen LogP contribution >= 0.6 is 0 Å². The van der Waals surface area contributed by atoms with Gasteiger partial charge >= 0.3 is 0 Å². The molecule has 0 N–H and O–H groups in total. The lowest BCUT2D eigenvalue weighted by molar-refractivity contribution is -0.135. The second kappa shape index (κ2) is 19.8. The molecule has 0 saturated heterocycles. The summed E-state index contributed by atoms with van der Waals surface area (Å²) >= 11 is 0. The predicted octanol–water partition coefficient (Wildman–Crippen LogP) is 10.5. The van der Waals surface area contributed by atoms with E-state index >= 15 is 0 Å². The van der Waals surface area contributed by atoms with Gasteiger partial charge in [-0.1, -0.05) is 114 Å². The van der Waals surface area contributed by atoms with Crippen LogP contribution in [0.25, 0.3) is 5.70 Å². The number of aliphatic imine (C=N–C) groups is 1. The van der Waals surface area contributed by atoms with Gasteiger partial charge in [-0.2, -0.15) is 5.26 Å². The zero-order valence-corrected chi connectivity index (χ0v) is 34.7. The normalized spacial score (nSPS) is 18.4. The van der Waals surface area contributed by atoms with Crippen molar-refractivity contribution in [1.29, 1.82) is 5.26 Å². The van der Waals surface area contributed by atoms with Gasteiger partial charge in [-0.3, -0.25) is 19.2 Å². The lowest BCUT2D eigenvalue weighted by atomic mass is 9.69. The molecule has 2 aromatic rings. The summed E-state index contributed by atoms with van der Waals surface area (Å²) in [6.45, 7) is 19.9. The number of allylic oxidation sites excluding steroid dienone is 4. The van der Waals surface area contributed by atoms with Gasteiger partial charge in [-0.15, -0.1) is 0 Å². The van der Waals surface area contributed by atoms with Crippen LogP contribution in [-0.2, 0) is 14.4 Å². The van der Waals surface area contributed by atoms with Crippen LogP contribution in [0.15, 0.2) is 75.8 Å². The van der Waals surface area contributed by atoms with E-state index in [2.05, 4.69) is 65.5 Å². The quantitative estimate of drug-likeness (QED) is 0.0854. The lowest BCUT2D eigenvalue weighted by Crippen LogP contribution is -2.43. The second-order valence-corrected chi connectivity index (χ2v) is 15.8. The van der Waals surface area contributed by atoms with E-state index in [4.69, 9.17) is 4.99 Å². The summed E-state index contributed by atoms with van der Waals surface area (Å²) in [4.78, 5) is 63.6. The third-order valence-corrected chi connectivity index (χ3v) is 11.6. The number of unbranched alkanes of at least 4 members (excludes halogenated alkanes) is 2. The fourth-order valence-corrected chi connectivity index (χ4v) is 8.40. The Morgan fingerprint density at radius 3 is 1.95 bits per heavy atom. The highest BCUT2D eigenvalue weighted by atomic mass is 16.2. The van der Waals surface area contributed by atoms with Gasteiger partial charge in [0, 0.05) is 36.2 Å². The molecule has 0 saturated carbocycles. The highest BCUT2D eigenvalue weighted by molar-refractivity contribution is 6.28. The van der Waals surface area contributed by atoms with Gasteiger partial charge in [0.25, 0.3) is 0 Å². The average molecular weight is 744 g/mol.